The quantitative estimate of drug-likeness (QED) is 0.802. The van der Waals surface area contributed by atoms with Gasteiger partial charge in [0, 0.05) is 12.6 Å². The lowest BCUT2D eigenvalue weighted by molar-refractivity contribution is -0.138. The molecule has 0 saturated carbocycles. The molecule has 1 aromatic carbocycles. The minimum absolute atomic E-state index is 0.0835. The van der Waals surface area contributed by atoms with Gasteiger partial charge in [0.15, 0.2) is 0 Å². The highest BCUT2D eigenvalue weighted by Gasteiger charge is 2.34. The molecule has 0 heterocycles. The molecule has 0 spiro atoms. The predicted molar refractivity (Wildman–Crippen MR) is 77.5 cm³/mol. The molecule has 1 unspecified atom stereocenters. The predicted octanol–water partition coefficient (Wildman–Crippen LogP) is 2.53. The normalized spacial score (nSPS) is 14.3. The maximum atomic E-state index is 12.9. The smallest absolute Gasteiger partial charge is 0.396 e. The second kappa shape index (κ2) is 7.43. The molecule has 2 N–H and O–H groups in total. The summed E-state index contributed by atoms with van der Waals surface area (Å²) in [6, 6.07) is 4.08. The van der Waals surface area contributed by atoms with Crippen LogP contribution in [0, 0.1) is 5.92 Å². The minimum atomic E-state index is -4.60. The highest BCUT2D eigenvalue weighted by Crippen LogP contribution is 2.32. The van der Waals surface area contributed by atoms with Gasteiger partial charge >= 0.3 is 6.18 Å². The lowest BCUT2D eigenvalue weighted by Crippen LogP contribution is -2.40. The van der Waals surface area contributed by atoms with E-state index in [1.54, 1.807) is 13.8 Å². The number of halogens is 3. The summed E-state index contributed by atoms with van der Waals surface area (Å²) in [5, 5.41) is 8.94. The molecule has 0 aliphatic rings. The molecule has 22 heavy (non-hydrogen) atoms. The molecule has 0 amide bonds. The molecule has 0 saturated heterocycles. The highest BCUT2D eigenvalue weighted by molar-refractivity contribution is 7.88. The minimum Gasteiger partial charge on any atom is -0.396 e. The van der Waals surface area contributed by atoms with Crippen LogP contribution < -0.4 is 4.72 Å². The van der Waals surface area contributed by atoms with E-state index in [1.807, 2.05) is 0 Å². The molecule has 0 aliphatic heterocycles. The first-order valence-corrected chi connectivity index (χ1v) is 8.48. The van der Waals surface area contributed by atoms with E-state index >= 15 is 0 Å². The Hall–Kier alpha value is -1.12. The number of hydrogen-bond donors (Lipinski definition) is 2. The molecule has 0 aliphatic carbocycles. The number of rotatable bonds is 7. The molecule has 1 rings (SSSR count). The Morgan fingerprint density at radius 3 is 2.32 bits per heavy atom. The average Bonchev–Trinajstić information content (AvgIpc) is 2.36. The van der Waals surface area contributed by atoms with E-state index in [0.29, 0.717) is 0 Å². The van der Waals surface area contributed by atoms with Crippen molar-refractivity contribution in [3.8, 4) is 0 Å². The van der Waals surface area contributed by atoms with Crippen molar-refractivity contribution in [1.82, 2.24) is 4.72 Å². The first-order valence-electron chi connectivity index (χ1n) is 6.83. The van der Waals surface area contributed by atoms with Crippen LogP contribution in [0.5, 0.6) is 0 Å². The molecule has 0 aromatic heterocycles. The van der Waals surface area contributed by atoms with Crippen molar-refractivity contribution in [1.29, 1.82) is 0 Å². The van der Waals surface area contributed by atoms with Crippen LogP contribution in [-0.4, -0.2) is 26.2 Å². The van der Waals surface area contributed by atoms with Crippen molar-refractivity contribution in [2.24, 2.45) is 5.92 Å². The first kappa shape index (κ1) is 18.9. The molecule has 0 radical (unpaired) electrons. The molecule has 0 bridgehead atoms. The van der Waals surface area contributed by atoms with Crippen LogP contribution in [0.1, 0.15) is 31.4 Å². The van der Waals surface area contributed by atoms with Crippen molar-refractivity contribution < 1.29 is 26.7 Å². The zero-order chi connectivity index (χ0) is 17.0. The lowest BCUT2D eigenvalue weighted by atomic mass is 10.0. The van der Waals surface area contributed by atoms with Crippen LogP contribution in [-0.2, 0) is 22.0 Å². The molecule has 0 fully saturated rings. The van der Waals surface area contributed by atoms with Gasteiger partial charge in [0.25, 0.3) is 0 Å². The Balaban J connectivity index is 2.98. The van der Waals surface area contributed by atoms with E-state index < -0.39 is 33.6 Å². The Morgan fingerprint density at radius 1 is 1.23 bits per heavy atom. The van der Waals surface area contributed by atoms with Gasteiger partial charge in [-0.05, 0) is 24.0 Å². The molecule has 4 nitrogen and oxygen atoms in total. The Labute approximate surface area is 128 Å². The third-order valence-corrected chi connectivity index (χ3v) is 4.60. The molecule has 1 aromatic rings. The van der Waals surface area contributed by atoms with Crippen molar-refractivity contribution >= 4 is 10.0 Å². The van der Waals surface area contributed by atoms with Gasteiger partial charge in [-0.25, -0.2) is 13.1 Å². The van der Waals surface area contributed by atoms with Crippen LogP contribution >= 0.6 is 0 Å². The van der Waals surface area contributed by atoms with Crippen LogP contribution in [0.4, 0.5) is 13.2 Å². The summed E-state index contributed by atoms with van der Waals surface area (Å²) in [5.41, 5.74) is -1.25. The number of aliphatic hydroxyl groups excluding tert-OH is 1. The molecular weight excluding hydrogens is 319 g/mol. The van der Waals surface area contributed by atoms with Gasteiger partial charge < -0.3 is 5.11 Å². The summed E-state index contributed by atoms with van der Waals surface area (Å²) < 4.78 is 65.2. The number of hydrogen-bond acceptors (Lipinski definition) is 3. The van der Waals surface area contributed by atoms with Gasteiger partial charge in [0.1, 0.15) is 0 Å². The van der Waals surface area contributed by atoms with E-state index in [9.17, 15) is 21.6 Å². The van der Waals surface area contributed by atoms with Crippen LogP contribution in [0.3, 0.4) is 0 Å². The zero-order valence-electron chi connectivity index (χ0n) is 12.4. The fourth-order valence-corrected chi connectivity index (χ4v) is 3.66. The van der Waals surface area contributed by atoms with Gasteiger partial charge in [-0.1, -0.05) is 32.0 Å². The fraction of sp³-hybridized carbons (Fsp3) is 0.571. The van der Waals surface area contributed by atoms with E-state index in [2.05, 4.69) is 4.72 Å². The van der Waals surface area contributed by atoms with Crippen LogP contribution in [0.2, 0.25) is 0 Å². The van der Waals surface area contributed by atoms with Crippen molar-refractivity contribution in [2.45, 2.75) is 38.2 Å². The van der Waals surface area contributed by atoms with Crippen molar-refractivity contribution in [2.75, 3.05) is 6.61 Å². The molecule has 8 heteroatoms. The summed E-state index contributed by atoms with van der Waals surface area (Å²) in [4.78, 5) is 0. The average molecular weight is 339 g/mol. The van der Waals surface area contributed by atoms with Gasteiger partial charge in [0.2, 0.25) is 10.0 Å². The fourth-order valence-electron chi connectivity index (χ4n) is 2.07. The Bertz CT molecular complexity index is 585. The van der Waals surface area contributed by atoms with Crippen LogP contribution in [0.15, 0.2) is 24.3 Å². The summed E-state index contributed by atoms with van der Waals surface area (Å²) in [6.07, 6.45) is -4.40. The highest BCUT2D eigenvalue weighted by atomic mass is 32.2. The third-order valence-electron chi connectivity index (χ3n) is 3.24. The summed E-state index contributed by atoms with van der Waals surface area (Å²) in [5.74, 6) is -0.836. The molecule has 1 atom stereocenters. The van der Waals surface area contributed by atoms with Gasteiger partial charge in [-0.2, -0.15) is 13.2 Å². The monoisotopic (exact) mass is 339 g/mol. The third kappa shape index (κ3) is 5.58. The molecule has 126 valence electrons. The van der Waals surface area contributed by atoms with E-state index in [-0.39, 0.29) is 24.5 Å². The SMILES string of the molecule is CC(C)C(CCO)NS(=O)(=O)Cc1ccccc1C(F)(F)F. The Morgan fingerprint density at radius 2 is 1.82 bits per heavy atom. The number of aliphatic hydroxyl groups is 1. The topological polar surface area (TPSA) is 66.4 Å². The van der Waals surface area contributed by atoms with E-state index in [0.717, 1.165) is 12.1 Å². The molecular formula is C14H20F3NO3S. The zero-order valence-corrected chi connectivity index (χ0v) is 13.2. The van der Waals surface area contributed by atoms with Crippen molar-refractivity contribution in [3.05, 3.63) is 35.4 Å². The van der Waals surface area contributed by atoms with Gasteiger partial charge in [-0.3, -0.25) is 0 Å². The van der Waals surface area contributed by atoms with E-state index in [1.165, 1.54) is 12.1 Å². The summed E-state index contributed by atoms with van der Waals surface area (Å²) in [7, 11) is -3.94. The van der Waals surface area contributed by atoms with Crippen LogP contribution in [0.25, 0.3) is 0 Å². The summed E-state index contributed by atoms with van der Waals surface area (Å²) in [6.45, 7) is 3.34. The van der Waals surface area contributed by atoms with Gasteiger partial charge in [0.05, 0.1) is 11.3 Å². The second-order valence-corrected chi connectivity index (χ2v) is 7.15. The maximum Gasteiger partial charge on any atom is 0.416 e. The van der Waals surface area contributed by atoms with Gasteiger partial charge in [-0.15, -0.1) is 0 Å². The first-order chi connectivity index (χ1) is 10.1. The number of nitrogens with one attached hydrogen (secondary N) is 1. The number of alkyl halides is 3. The van der Waals surface area contributed by atoms with Crippen molar-refractivity contribution in [3.63, 3.8) is 0 Å². The summed E-state index contributed by atoms with van der Waals surface area (Å²) >= 11 is 0. The number of benzene rings is 1. The van der Waals surface area contributed by atoms with E-state index in [4.69, 9.17) is 5.11 Å². The lowest BCUT2D eigenvalue weighted by Gasteiger charge is -2.22. The maximum absolute atomic E-state index is 12.9. The standard InChI is InChI=1S/C14H20F3NO3S/c1-10(2)13(7-8-19)18-22(20,21)9-11-5-3-4-6-12(11)14(15,16)17/h3-6,10,13,18-19H,7-9H2,1-2H3. The Kier molecular flexibility index (Phi) is 6.39. The largest absolute Gasteiger partial charge is 0.416 e. The second-order valence-electron chi connectivity index (χ2n) is 5.39. The number of sulfonamides is 1.